The van der Waals surface area contributed by atoms with Crippen molar-refractivity contribution in [3.8, 4) is 17.0 Å². The summed E-state index contributed by atoms with van der Waals surface area (Å²) >= 11 is 1.20. The Morgan fingerprint density at radius 3 is 2.89 bits per heavy atom. The molecule has 1 N–H and O–H groups in total. The van der Waals surface area contributed by atoms with Gasteiger partial charge in [0.25, 0.3) is 5.91 Å². The molecule has 0 unspecified atom stereocenters. The third kappa shape index (κ3) is 3.59. The zero-order chi connectivity index (χ0) is 19.9. The van der Waals surface area contributed by atoms with E-state index in [0.717, 1.165) is 34.4 Å². The second-order valence-electron chi connectivity index (χ2n) is 6.30. The number of nitrogens with one attached hydrogen (secondary N) is 1. The minimum atomic E-state index is -4.61. The Labute approximate surface area is 162 Å². The van der Waals surface area contributed by atoms with Crippen LogP contribution in [-0.4, -0.2) is 27.3 Å². The number of carbonyl (C=O) groups excluding carboxylic acids is 1. The number of aromatic nitrogens is 3. The number of carbonyl (C=O) groups is 1. The van der Waals surface area contributed by atoms with Gasteiger partial charge in [-0.25, -0.2) is 4.98 Å². The summed E-state index contributed by atoms with van der Waals surface area (Å²) in [7, 11) is 1.28. The predicted octanol–water partition coefficient (Wildman–Crippen LogP) is 4.14. The Balaban J connectivity index is 1.52. The van der Waals surface area contributed by atoms with Gasteiger partial charge in [-0.2, -0.15) is 18.3 Å². The fraction of sp³-hybridized carbons (Fsp3) is 0.278. The van der Waals surface area contributed by atoms with Gasteiger partial charge in [0, 0.05) is 24.1 Å². The topological polar surface area (TPSA) is 69.0 Å². The van der Waals surface area contributed by atoms with E-state index in [2.05, 4.69) is 15.4 Å². The van der Waals surface area contributed by atoms with Gasteiger partial charge in [-0.3, -0.25) is 14.8 Å². The standard InChI is InChI=1S/C18H15F3N4O2S/c1-25-13(8-15(24-25)18(19,20)21)16(26)23-17-22-12(9-28-17)10-4-5-14-11(7-10)3-2-6-27-14/h4-5,7-9H,2-3,6H2,1H3,(H,22,23,26). The van der Waals surface area contributed by atoms with E-state index < -0.39 is 17.8 Å². The molecule has 28 heavy (non-hydrogen) atoms. The van der Waals surface area contributed by atoms with Crippen LogP contribution in [0.2, 0.25) is 0 Å². The molecule has 146 valence electrons. The molecule has 0 atom stereocenters. The highest BCUT2D eigenvalue weighted by molar-refractivity contribution is 7.14. The van der Waals surface area contributed by atoms with Gasteiger partial charge in [-0.05, 0) is 36.6 Å². The minimum Gasteiger partial charge on any atom is -0.493 e. The van der Waals surface area contributed by atoms with Gasteiger partial charge in [-0.15, -0.1) is 11.3 Å². The molecule has 1 aliphatic rings. The SMILES string of the molecule is Cn1nc(C(F)(F)F)cc1C(=O)Nc1nc(-c2ccc3c(c2)CCCO3)cs1. The number of anilines is 1. The van der Waals surface area contributed by atoms with Gasteiger partial charge in [0.15, 0.2) is 10.8 Å². The average Bonchev–Trinajstić information content (AvgIpc) is 3.27. The molecule has 3 aromatic rings. The fourth-order valence-electron chi connectivity index (χ4n) is 2.96. The predicted molar refractivity (Wildman–Crippen MR) is 97.5 cm³/mol. The van der Waals surface area contributed by atoms with Crippen molar-refractivity contribution >= 4 is 22.4 Å². The first kappa shape index (κ1) is 18.5. The maximum Gasteiger partial charge on any atom is 0.435 e. The quantitative estimate of drug-likeness (QED) is 0.707. The lowest BCUT2D eigenvalue weighted by atomic mass is 10.0. The molecule has 0 radical (unpaired) electrons. The summed E-state index contributed by atoms with van der Waals surface area (Å²) in [5.74, 6) is 0.167. The van der Waals surface area contributed by atoms with Gasteiger partial charge in [0.1, 0.15) is 11.4 Å². The summed E-state index contributed by atoms with van der Waals surface area (Å²) in [6.45, 7) is 0.712. The lowest BCUT2D eigenvalue weighted by molar-refractivity contribution is -0.141. The summed E-state index contributed by atoms with van der Waals surface area (Å²) in [5, 5.41) is 7.95. The van der Waals surface area contributed by atoms with Crippen molar-refractivity contribution in [2.75, 3.05) is 11.9 Å². The lowest BCUT2D eigenvalue weighted by Gasteiger charge is -2.17. The Morgan fingerprint density at radius 1 is 1.32 bits per heavy atom. The maximum atomic E-state index is 12.8. The number of hydrogen-bond acceptors (Lipinski definition) is 5. The Bertz CT molecular complexity index is 1040. The normalized spacial score (nSPS) is 13.7. The molecule has 1 aliphatic heterocycles. The molecule has 6 nitrogen and oxygen atoms in total. The zero-order valence-electron chi connectivity index (χ0n) is 14.7. The molecular formula is C18H15F3N4O2S. The number of ether oxygens (including phenoxy) is 1. The number of hydrogen-bond donors (Lipinski definition) is 1. The van der Waals surface area contributed by atoms with E-state index >= 15 is 0 Å². The minimum absolute atomic E-state index is 0.199. The second kappa shape index (κ2) is 6.93. The summed E-state index contributed by atoms with van der Waals surface area (Å²) in [4.78, 5) is 16.7. The molecular weight excluding hydrogens is 393 g/mol. The van der Waals surface area contributed by atoms with Crippen molar-refractivity contribution < 1.29 is 22.7 Å². The summed E-state index contributed by atoms with van der Waals surface area (Å²) in [5.41, 5.74) is 1.36. The van der Waals surface area contributed by atoms with Crippen molar-refractivity contribution in [1.29, 1.82) is 0 Å². The summed E-state index contributed by atoms with van der Waals surface area (Å²) < 4.78 is 44.8. The number of alkyl halides is 3. The molecule has 0 saturated carbocycles. The molecule has 0 bridgehead atoms. The van der Waals surface area contributed by atoms with E-state index in [1.165, 1.54) is 18.4 Å². The van der Waals surface area contributed by atoms with Gasteiger partial charge >= 0.3 is 6.18 Å². The van der Waals surface area contributed by atoms with E-state index in [0.29, 0.717) is 23.5 Å². The van der Waals surface area contributed by atoms with Crippen molar-refractivity contribution in [2.45, 2.75) is 19.0 Å². The first-order valence-corrected chi connectivity index (χ1v) is 9.33. The molecule has 0 spiro atoms. The zero-order valence-corrected chi connectivity index (χ0v) is 15.5. The summed E-state index contributed by atoms with van der Waals surface area (Å²) in [6, 6.07) is 6.51. The van der Waals surface area contributed by atoms with E-state index in [1.807, 2.05) is 18.2 Å². The fourth-order valence-corrected chi connectivity index (χ4v) is 3.68. The number of benzene rings is 1. The van der Waals surface area contributed by atoms with E-state index in [4.69, 9.17) is 4.74 Å². The number of fused-ring (bicyclic) bond motifs is 1. The highest BCUT2D eigenvalue weighted by atomic mass is 32.1. The van der Waals surface area contributed by atoms with Crippen LogP contribution in [0.25, 0.3) is 11.3 Å². The number of amides is 1. The number of halogens is 3. The molecule has 0 saturated heterocycles. The van der Waals surface area contributed by atoms with Crippen molar-refractivity contribution in [1.82, 2.24) is 14.8 Å². The third-order valence-corrected chi connectivity index (χ3v) is 5.09. The number of rotatable bonds is 3. The Kier molecular flexibility index (Phi) is 4.58. The van der Waals surface area contributed by atoms with Crippen LogP contribution in [0.5, 0.6) is 5.75 Å². The molecule has 0 fully saturated rings. The molecule has 10 heteroatoms. The highest BCUT2D eigenvalue weighted by Crippen LogP contribution is 2.32. The average molecular weight is 408 g/mol. The smallest absolute Gasteiger partial charge is 0.435 e. The van der Waals surface area contributed by atoms with Gasteiger partial charge in [0.2, 0.25) is 0 Å². The van der Waals surface area contributed by atoms with Crippen LogP contribution in [-0.2, 0) is 19.6 Å². The Morgan fingerprint density at radius 2 is 2.14 bits per heavy atom. The van der Waals surface area contributed by atoms with Gasteiger partial charge in [-0.1, -0.05) is 0 Å². The van der Waals surface area contributed by atoms with Gasteiger partial charge in [0.05, 0.1) is 12.3 Å². The number of thiazole rings is 1. The highest BCUT2D eigenvalue weighted by Gasteiger charge is 2.35. The molecule has 0 aliphatic carbocycles. The largest absolute Gasteiger partial charge is 0.493 e. The van der Waals surface area contributed by atoms with Crippen LogP contribution in [0.1, 0.15) is 28.2 Å². The van der Waals surface area contributed by atoms with E-state index in [-0.39, 0.29) is 5.69 Å². The second-order valence-corrected chi connectivity index (χ2v) is 7.16. The van der Waals surface area contributed by atoms with Crippen LogP contribution in [0.3, 0.4) is 0 Å². The molecule has 2 aromatic heterocycles. The summed E-state index contributed by atoms with van der Waals surface area (Å²) in [6.07, 6.45) is -2.72. The van der Waals surface area contributed by atoms with Crippen LogP contribution < -0.4 is 10.1 Å². The van der Waals surface area contributed by atoms with Crippen molar-refractivity contribution in [3.05, 3.63) is 46.6 Å². The van der Waals surface area contributed by atoms with Crippen LogP contribution in [0.15, 0.2) is 29.6 Å². The van der Waals surface area contributed by atoms with Crippen LogP contribution >= 0.6 is 11.3 Å². The van der Waals surface area contributed by atoms with Gasteiger partial charge < -0.3 is 4.74 Å². The molecule has 4 rings (SSSR count). The lowest BCUT2D eigenvalue weighted by Crippen LogP contribution is -2.15. The number of aryl methyl sites for hydroxylation is 2. The van der Waals surface area contributed by atoms with Crippen LogP contribution in [0.4, 0.5) is 18.3 Å². The molecule has 1 aromatic carbocycles. The first-order chi connectivity index (χ1) is 13.3. The van der Waals surface area contributed by atoms with Crippen LogP contribution in [0, 0.1) is 0 Å². The van der Waals surface area contributed by atoms with Crippen molar-refractivity contribution in [2.24, 2.45) is 7.05 Å². The van der Waals surface area contributed by atoms with E-state index in [9.17, 15) is 18.0 Å². The van der Waals surface area contributed by atoms with Crippen molar-refractivity contribution in [3.63, 3.8) is 0 Å². The van der Waals surface area contributed by atoms with E-state index in [1.54, 1.807) is 5.38 Å². The maximum absolute atomic E-state index is 12.8. The first-order valence-electron chi connectivity index (χ1n) is 8.45. The number of nitrogens with zero attached hydrogens (tertiary/aromatic N) is 3. The third-order valence-electron chi connectivity index (χ3n) is 4.33. The monoisotopic (exact) mass is 408 g/mol. The molecule has 1 amide bonds. The molecule has 3 heterocycles. The Hall–Kier alpha value is -2.88.